The quantitative estimate of drug-likeness (QED) is 0.494. The summed E-state index contributed by atoms with van der Waals surface area (Å²) in [5, 5.41) is 10.6. The van der Waals surface area contributed by atoms with Crippen molar-refractivity contribution in [1.29, 1.82) is 0 Å². The van der Waals surface area contributed by atoms with Crippen LogP contribution < -0.4 is 0 Å². The van der Waals surface area contributed by atoms with Gasteiger partial charge >= 0.3 is 0 Å². The molecule has 22 heavy (non-hydrogen) atoms. The lowest BCUT2D eigenvalue weighted by molar-refractivity contribution is -0.384. The summed E-state index contributed by atoms with van der Waals surface area (Å²) >= 11 is 0. The van der Waals surface area contributed by atoms with Crippen molar-refractivity contribution in [3.05, 3.63) is 75.3 Å². The molecule has 5 nitrogen and oxygen atoms in total. The number of non-ortho nitro benzene ring substituents is 1. The zero-order valence-corrected chi connectivity index (χ0v) is 12.0. The van der Waals surface area contributed by atoms with Gasteiger partial charge in [0.25, 0.3) is 5.69 Å². The van der Waals surface area contributed by atoms with E-state index in [1.54, 1.807) is 18.3 Å². The summed E-state index contributed by atoms with van der Waals surface area (Å²) in [5.74, 6) is 0. The van der Waals surface area contributed by atoms with Gasteiger partial charge in [-0.25, -0.2) is 0 Å². The number of rotatable bonds is 4. The van der Waals surface area contributed by atoms with Crippen molar-refractivity contribution in [2.24, 2.45) is 4.99 Å². The molecule has 0 amide bonds. The number of benzene rings is 2. The van der Waals surface area contributed by atoms with Gasteiger partial charge in [-0.15, -0.1) is 0 Å². The number of hydrogen-bond acceptors (Lipinski definition) is 4. The summed E-state index contributed by atoms with van der Waals surface area (Å²) in [7, 11) is 0. The lowest BCUT2D eigenvalue weighted by atomic mass is 9.98. The average Bonchev–Trinajstić information content (AvgIpc) is 2.55. The Labute approximate surface area is 128 Å². The van der Waals surface area contributed by atoms with Gasteiger partial charge in [0.2, 0.25) is 0 Å². The Morgan fingerprint density at radius 2 is 2.00 bits per heavy atom. The van der Waals surface area contributed by atoms with Crippen molar-refractivity contribution >= 4 is 11.9 Å². The Bertz CT molecular complexity index is 695. The minimum absolute atomic E-state index is 0.0146. The third-order valence-corrected chi connectivity index (χ3v) is 3.71. The number of nitro groups is 1. The van der Waals surface area contributed by atoms with Gasteiger partial charge in [0.1, 0.15) is 6.10 Å². The van der Waals surface area contributed by atoms with Crippen LogP contribution in [-0.4, -0.2) is 24.3 Å². The second kappa shape index (κ2) is 6.49. The number of fused-ring (bicyclic) bond motifs is 1. The molecule has 1 aliphatic heterocycles. The van der Waals surface area contributed by atoms with Crippen LogP contribution in [0.25, 0.3) is 0 Å². The lowest BCUT2D eigenvalue weighted by Gasteiger charge is -2.24. The third-order valence-electron chi connectivity index (χ3n) is 3.71. The molecular formula is C17H16N2O3. The van der Waals surface area contributed by atoms with Gasteiger partial charge in [-0.2, -0.15) is 0 Å². The molecule has 0 saturated carbocycles. The van der Waals surface area contributed by atoms with E-state index in [2.05, 4.69) is 17.1 Å². The highest BCUT2D eigenvalue weighted by Crippen LogP contribution is 2.26. The van der Waals surface area contributed by atoms with Crippen LogP contribution in [0.1, 0.15) is 22.8 Å². The molecule has 112 valence electrons. The first-order valence-corrected chi connectivity index (χ1v) is 7.18. The van der Waals surface area contributed by atoms with E-state index in [1.165, 1.54) is 23.3 Å². The van der Waals surface area contributed by atoms with Crippen molar-refractivity contribution in [1.82, 2.24) is 0 Å². The molecule has 0 spiro atoms. The second-order valence-electron chi connectivity index (χ2n) is 5.15. The molecule has 0 bridgehead atoms. The highest BCUT2D eigenvalue weighted by atomic mass is 16.6. The third kappa shape index (κ3) is 3.20. The van der Waals surface area contributed by atoms with Crippen molar-refractivity contribution in [2.75, 3.05) is 13.2 Å². The Balaban J connectivity index is 1.66. The molecule has 0 fully saturated rings. The highest BCUT2D eigenvalue weighted by molar-refractivity contribution is 5.79. The van der Waals surface area contributed by atoms with Crippen molar-refractivity contribution in [2.45, 2.75) is 12.5 Å². The topological polar surface area (TPSA) is 64.7 Å². The summed E-state index contributed by atoms with van der Waals surface area (Å²) in [6.45, 7) is 1.27. The van der Waals surface area contributed by atoms with Crippen LogP contribution in [0.15, 0.2) is 53.5 Å². The molecule has 1 atom stereocenters. The molecule has 1 aliphatic rings. The molecule has 0 aromatic heterocycles. The zero-order chi connectivity index (χ0) is 15.4. The number of hydrogen-bond donors (Lipinski definition) is 0. The first-order valence-electron chi connectivity index (χ1n) is 7.18. The molecule has 2 aromatic rings. The molecule has 5 heteroatoms. The zero-order valence-electron chi connectivity index (χ0n) is 12.0. The van der Waals surface area contributed by atoms with Gasteiger partial charge in [0.05, 0.1) is 18.1 Å². The lowest BCUT2D eigenvalue weighted by Crippen LogP contribution is -2.18. The van der Waals surface area contributed by atoms with E-state index < -0.39 is 4.92 Å². The Morgan fingerprint density at radius 3 is 2.77 bits per heavy atom. The Kier molecular flexibility index (Phi) is 4.25. The van der Waals surface area contributed by atoms with Crippen molar-refractivity contribution in [3.8, 4) is 0 Å². The number of nitro benzene ring substituents is 1. The predicted octanol–water partition coefficient (Wildman–Crippen LogP) is 3.33. The van der Waals surface area contributed by atoms with Crippen LogP contribution in [-0.2, 0) is 11.2 Å². The first-order chi connectivity index (χ1) is 10.7. The maximum atomic E-state index is 10.6. The largest absolute Gasteiger partial charge is 0.371 e. The maximum Gasteiger partial charge on any atom is 0.269 e. The number of nitrogens with zero attached hydrogens (tertiary/aromatic N) is 2. The number of ether oxygens (including phenoxy) is 1. The molecule has 3 rings (SSSR count). The molecule has 1 heterocycles. The molecule has 0 saturated heterocycles. The van der Waals surface area contributed by atoms with Gasteiger partial charge < -0.3 is 4.74 Å². The fourth-order valence-corrected chi connectivity index (χ4v) is 2.56. The molecule has 0 N–H and O–H groups in total. The minimum Gasteiger partial charge on any atom is -0.371 e. The van der Waals surface area contributed by atoms with Crippen LogP contribution in [0.5, 0.6) is 0 Å². The smallest absolute Gasteiger partial charge is 0.269 e. The summed E-state index contributed by atoms with van der Waals surface area (Å²) in [6.07, 6.45) is 2.66. The SMILES string of the molecule is O=[N+]([O-])c1ccc(C=NC[C@H]2OCCc3ccccc32)cc1. The van der Waals surface area contributed by atoms with E-state index in [0.717, 1.165) is 12.0 Å². The van der Waals surface area contributed by atoms with Gasteiger partial charge in [-0.05, 0) is 35.2 Å². The van der Waals surface area contributed by atoms with E-state index in [9.17, 15) is 10.1 Å². The standard InChI is InChI=1S/C17H16N2O3/c20-19(21)15-7-5-13(6-8-15)11-18-12-17-16-4-2-1-3-14(16)9-10-22-17/h1-8,11,17H,9-10,12H2/t17-/m1/s1. The fourth-order valence-electron chi connectivity index (χ4n) is 2.56. The molecular weight excluding hydrogens is 280 g/mol. The van der Waals surface area contributed by atoms with E-state index in [-0.39, 0.29) is 11.8 Å². The van der Waals surface area contributed by atoms with Gasteiger partial charge in [-0.3, -0.25) is 15.1 Å². The Morgan fingerprint density at radius 1 is 1.23 bits per heavy atom. The van der Waals surface area contributed by atoms with E-state index in [1.807, 2.05) is 12.1 Å². The molecule has 0 radical (unpaired) electrons. The summed E-state index contributed by atoms with van der Waals surface area (Å²) in [6, 6.07) is 14.6. The summed E-state index contributed by atoms with van der Waals surface area (Å²) in [4.78, 5) is 14.6. The summed E-state index contributed by atoms with van der Waals surface area (Å²) < 4.78 is 5.79. The van der Waals surface area contributed by atoms with Crippen LogP contribution in [0.4, 0.5) is 5.69 Å². The highest BCUT2D eigenvalue weighted by Gasteiger charge is 2.19. The van der Waals surface area contributed by atoms with E-state index >= 15 is 0 Å². The normalized spacial score (nSPS) is 17.4. The minimum atomic E-state index is -0.409. The maximum absolute atomic E-state index is 10.6. The van der Waals surface area contributed by atoms with Crippen LogP contribution in [0, 0.1) is 10.1 Å². The fraction of sp³-hybridized carbons (Fsp3) is 0.235. The van der Waals surface area contributed by atoms with Crippen molar-refractivity contribution < 1.29 is 9.66 Å². The Hall–Kier alpha value is -2.53. The molecule has 2 aromatic carbocycles. The summed E-state index contributed by atoms with van der Waals surface area (Å²) in [5.41, 5.74) is 3.45. The van der Waals surface area contributed by atoms with E-state index in [0.29, 0.717) is 13.2 Å². The van der Waals surface area contributed by atoms with Gasteiger partial charge in [0.15, 0.2) is 0 Å². The van der Waals surface area contributed by atoms with Crippen LogP contribution in [0.3, 0.4) is 0 Å². The average molecular weight is 296 g/mol. The van der Waals surface area contributed by atoms with Crippen LogP contribution >= 0.6 is 0 Å². The monoisotopic (exact) mass is 296 g/mol. The van der Waals surface area contributed by atoms with Gasteiger partial charge in [-0.1, -0.05) is 24.3 Å². The molecule has 0 unspecified atom stereocenters. The van der Waals surface area contributed by atoms with E-state index in [4.69, 9.17) is 4.74 Å². The first kappa shape index (κ1) is 14.4. The van der Waals surface area contributed by atoms with Gasteiger partial charge in [0, 0.05) is 18.3 Å². The predicted molar refractivity (Wildman–Crippen MR) is 84.4 cm³/mol. The van der Waals surface area contributed by atoms with Crippen LogP contribution in [0.2, 0.25) is 0 Å². The second-order valence-corrected chi connectivity index (χ2v) is 5.15. The molecule has 0 aliphatic carbocycles. The van der Waals surface area contributed by atoms with Crippen molar-refractivity contribution in [3.63, 3.8) is 0 Å². The number of aliphatic imine (C=N–C) groups is 1.